The second-order valence-electron chi connectivity index (χ2n) is 15.2. The van der Waals surface area contributed by atoms with Crippen LogP contribution in [0.25, 0.3) is 10.8 Å². The van der Waals surface area contributed by atoms with E-state index in [0.717, 1.165) is 49.3 Å². The number of hydrogen-bond acceptors (Lipinski definition) is 8. The Balaban J connectivity index is 1.33. The van der Waals surface area contributed by atoms with Crippen LogP contribution in [0.1, 0.15) is 113 Å². The number of carbonyl (C=O) groups excluding carboxylic acids is 5. The van der Waals surface area contributed by atoms with E-state index in [1.165, 1.54) is 11.1 Å². The molecule has 3 fully saturated rings. The highest BCUT2D eigenvalue weighted by molar-refractivity contribution is 6.39. The molecule has 5 N–H and O–H groups in total. The second kappa shape index (κ2) is 14.9. The van der Waals surface area contributed by atoms with Crippen molar-refractivity contribution in [3.05, 3.63) is 59.9 Å². The van der Waals surface area contributed by atoms with Crippen molar-refractivity contribution in [2.75, 3.05) is 6.54 Å². The highest BCUT2D eigenvalue weighted by Crippen LogP contribution is 2.35. The Morgan fingerprint density at radius 3 is 2.35 bits per heavy atom. The van der Waals surface area contributed by atoms with Crippen molar-refractivity contribution in [1.82, 2.24) is 30.5 Å². The van der Waals surface area contributed by atoms with Gasteiger partial charge < -0.3 is 26.4 Å². The van der Waals surface area contributed by atoms with Gasteiger partial charge in [-0.05, 0) is 61.9 Å². The molecule has 272 valence electrons. The molecule has 0 spiro atoms. The standard InChI is InChI=1S/C38H49N7O6/c1-37(2,51)31-22-40-43-45(31)28-21-30(35(49)42-38(32(46)33(39)47)17-9-4-10-18-38)44(23-28)36(50)29(19-24-11-5-3-6-12-24)41-34(48)27-16-15-25-13-7-8-14-26(25)20-27/h7-8,13-16,20,22,24,28-30,51H,3-6,9-12,17-19,21,23H2,1-2H3,(H2,39,47)(H,41,48)(H,42,49)/t28-,29+,30-/m0/s1. The maximum absolute atomic E-state index is 14.8. The molecule has 2 saturated carbocycles. The zero-order valence-corrected chi connectivity index (χ0v) is 29.5. The highest BCUT2D eigenvalue weighted by atomic mass is 16.3. The summed E-state index contributed by atoms with van der Waals surface area (Å²) >= 11 is 0. The zero-order valence-electron chi connectivity index (χ0n) is 29.5. The summed E-state index contributed by atoms with van der Waals surface area (Å²) in [7, 11) is 0. The average Bonchev–Trinajstić information content (AvgIpc) is 3.80. The number of primary amides is 1. The molecule has 0 bridgehead atoms. The van der Waals surface area contributed by atoms with Crippen LogP contribution in [0.3, 0.4) is 0 Å². The van der Waals surface area contributed by atoms with E-state index in [-0.39, 0.29) is 37.6 Å². The molecule has 3 aliphatic rings. The number of hydrogen-bond donors (Lipinski definition) is 4. The Morgan fingerprint density at radius 2 is 1.67 bits per heavy atom. The molecular weight excluding hydrogens is 650 g/mol. The maximum Gasteiger partial charge on any atom is 0.287 e. The molecule has 13 heteroatoms. The van der Waals surface area contributed by atoms with Crippen LogP contribution in [0.5, 0.6) is 0 Å². The number of amides is 4. The Morgan fingerprint density at radius 1 is 0.980 bits per heavy atom. The summed E-state index contributed by atoms with van der Waals surface area (Å²) in [6.07, 6.45) is 9.72. The van der Waals surface area contributed by atoms with E-state index in [0.29, 0.717) is 30.5 Å². The SMILES string of the molecule is CC(C)(O)c1cnnn1[C@H]1C[C@@H](C(=O)NC2(C(=O)C(N)=O)CCCCC2)N(C(=O)[C@@H](CC2CCCCC2)NC(=O)c2ccc3ccccc3c2)C1. The molecule has 2 aromatic carbocycles. The van der Waals surface area contributed by atoms with Crippen molar-refractivity contribution in [3.8, 4) is 0 Å². The van der Waals surface area contributed by atoms with Crippen LogP contribution in [-0.2, 0) is 24.8 Å². The molecule has 1 saturated heterocycles. The van der Waals surface area contributed by atoms with E-state index in [1.54, 1.807) is 30.7 Å². The maximum atomic E-state index is 14.8. The fourth-order valence-corrected chi connectivity index (χ4v) is 8.30. The molecule has 3 aromatic rings. The molecule has 2 aliphatic carbocycles. The summed E-state index contributed by atoms with van der Waals surface area (Å²) in [4.78, 5) is 69.8. The van der Waals surface area contributed by atoms with Gasteiger partial charge in [0.1, 0.15) is 23.2 Å². The molecular formula is C38H49N7O6. The van der Waals surface area contributed by atoms with Gasteiger partial charge >= 0.3 is 0 Å². The Labute approximate surface area is 297 Å². The average molecular weight is 700 g/mol. The van der Waals surface area contributed by atoms with Crippen molar-refractivity contribution in [1.29, 1.82) is 0 Å². The van der Waals surface area contributed by atoms with Gasteiger partial charge in [-0.25, -0.2) is 4.68 Å². The quantitative estimate of drug-likeness (QED) is 0.219. The van der Waals surface area contributed by atoms with Gasteiger partial charge in [0.15, 0.2) is 0 Å². The van der Waals surface area contributed by atoms with Gasteiger partial charge in [0.05, 0.1) is 17.9 Å². The van der Waals surface area contributed by atoms with Gasteiger partial charge in [-0.3, -0.25) is 24.0 Å². The monoisotopic (exact) mass is 699 g/mol. The molecule has 6 rings (SSSR count). The molecule has 1 aromatic heterocycles. The first-order chi connectivity index (χ1) is 24.4. The van der Waals surface area contributed by atoms with Crippen LogP contribution in [0.4, 0.5) is 0 Å². The Bertz CT molecular complexity index is 1790. The lowest BCUT2D eigenvalue weighted by Crippen LogP contribution is -2.62. The minimum absolute atomic E-state index is 0.0487. The van der Waals surface area contributed by atoms with Crippen molar-refractivity contribution in [3.63, 3.8) is 0 Å². The van der Waals surface area contributed by atoms with Crippen LogP contribution in [0.15, 0.2) is 48.7 Å². The number of nitrogens with zero attached hydrogens (tertiary/aromatic N) is 4. The third kappa shape index (κ3) is 7.83. The van der Waals surface area contributed by atoms with Crippen LogP contribution >= 0.6 is 0 Å². The summed E-state index contributed by atoms with van der Waals surface area (Å²) in [5.41, 5.74) is 3.54. The van der Waals surface area contributed by atoms with E-state index in [9.17, 15) is 29.1 Å². The van der Waals surface area contributed by atoms with Crippen molar-refractivity contribution < 1.29 is 29.1 Å². The van der Waals surface area contributed by atoms with Crippen molar-refractivity contribution >= 4 is 40.2 Å². The van der Waals surface area contributed by atoms with Crippen molar-refractivity contribution in [2.45, 2.75) is 120 Å². The number of ketones is 1. The predicted molar refractivity (Wildman–Crippen MR) is 189 cm³/mol. The number of benzene rings is 2. The summed E-state index contributed by atoms with van der Waals surface area (Å²) in [6.45, 7) is 3.26. The Kier molecular flexibility index (Phi) is 10.6. The summed E-state index contributed by atoms with van der Waals surface area (Å²) in [5, 5.41) is 27.0. The van der Waals surface area contributed by atoms with Gasteiger partial charge in [-0.2, -0.15) is 0 Å². The third-order valence-electron chi connectivity index (χ3n) is 11.0. The molecule has 0 unspecified atom stereocenters. The van der Waals surface area contributed by atoms with Crippen LogP contribution in [0.2, 0.25) is 0 Å². The van der Waals surface area contributed by atoms with Gasteiger partial charge in [0, 0.05) is 18.5 Å². The van der Waals surface area contributed by atoms with Crippen LogP contribution < -0.4 is 16.4 Å². The Hall–Kier alpha value is -4.65. The number of fused-ring (bicyclic) bond motifs is 1. The lowest BCUT2D eigenvalue weighted by molar-refractivity contribution is -0.145. The number of carbonyl (C=O) groups is 5. The third-order valence-corrected chi connectivity index (χ3v) is 11.0. The normalized spacial score (nSPS) is 21.6. The van der Waals surface area contributed by atoms with E-state index >= 15 is 0 Å². The second-order valence-corrected chi connectivity index (χ2v) is 15.2. The van der Waals surface area contributed by atoms with E-state index < -0.39 is 52.8 Å². The van der Waals surface area contributed by atoms with E-state index in [2.05, 4.69) is 20.9 Å². The minimum atomic E-state index is -1.45. The fraction of sp³-hybridized carbons (Fsp3) is 0.553. The molecule has 3 atom stereocenters. The van der Waals surface area contributed by atoms with Gasteiger partial charge in [-0.1, -0.05) is 86.9 Å². The summed E-state index contributed by atoms with van der Waals surface area (Å²) in [6, 6.07) is 10.6. The number of likely N-dealkylation sites (tertiary alicyclic amines) is 1. The van der Waals surface area contributed by atoms with E-state index in [4.69, 9.17) is 5.73 Å². The number of nitrogens with one attached hydrogen (secondary N) is 2. The summed E-state index contributed by atoms with van der Waals surface area (Å²) < 4.78 is 1.54. The molecule has 51 heavy (non-hydrogen) atoms. The van der Waals surface area contributed by atoms with Crippen LogP contribution in [-0.4, -0.2) is 78.6 Å². The smallest absolute Gasteiger partial charge is 0.287 e. The van der Waals surface area contributed by atoms with Gasteiger partial charge in [-0.15, -0.1) is 5.10 Å². The lowest BCUT2D eigenvalue weighted by atomic mass is 9.78. The zero-order chi connectivity index (χ0) is 36.3. The van der Waals surface area contributed by atoms with Crippen molar-refractivity contribution in [2.24, 2.45) is 11.7 Å². The first kappa shape index (κ1) is 36.2. The topological polar surface area (TPSA) is 190 Å². The van der Waals surface area contributed by atoms with Gasteiger partial charge in [0.2, 0.25) is 17.6 Å². The van der Waals surface area contributed by atoms with Gasteiger partial charge in [0.25, 0.3) is 11.8 Å². The predicted octanol–water partition coefficient (Wildman–Crippen LogP) is 3.44. The number of nitrogens with two attached hydrogens (primary N) is 1. The summed E-state index contributed by atoms with van der Waals surface area (Å²) in [5.74, 6) is -3.13. The number of rotatable bonds is 11. The molecule has 4 amide bonds. The molecule has 0 radical (unpaired) electrons. The first-order valence-corrected chi connectivity index (χ1v) is 18.3. The first-order valence-electron chi connectivity index (χ1n) is 18.3. The fourth-order valence-electron chi connectivity index (χ4n) is 8.30. The molecule has 1 aliphatic heterocycles. The minimum Gasteiger partial charge on any atom is -0.384 e. The lowest BCUT2D eigenvalue weighted by Gasteiger charge is -2.38. The van der Waals surface area contributed by atoms with Crippen LogP contribution in [0, 0.1) is 5.92 Å². The van der Waals surface area contributed by atoms with E-state index in [1.807, 2.05) is 30.3 Å². The largest absolute Gasteiger partial charge is 0.384 e. The molecule has 13 nitrogen and oxygen atoms in total. The number of aliphatic hydroxyl groups is 1. The number of aromatic nitrogens is 3. The molecule has 2 heterocycles. The highest BCUT2D eigenvalue weighted by Gasteiger charge is 2.49. The number of Topliss-reactive ketones (excluding diaryl/α,β-unsaturated/α-hetero) is 1.